The van der Waals surface area contributed by atoms with E-state index in [9.17, 15) is 13.8 Å². The van der Waals surface area contributed by atoms with Crippen molar-refractivity contribution in [3.05, 3.63) is 23.7 Å². The predicted molar refractivity (Wildman–Crippen MR) is 70.3 cm³/mol. The summed E-state index contributed by atoms with van der Waals surface area (Å²) in [5.74, 6) is -0.795. The molecular formula is C12H17NO5S. The Morgan fingerprint density at radius 1 is 1.42 bits per heavy atom. The Morgan fingerprint density at radius 2 is 2.11 bits per heavy atom. The first-order chi connectivity index (χ1) is 8.88. The maximum Gasteiger partial charge on any atom is 0.371 e. The van der Waals surface area contributed by atoms with Gasteiger partial charge in [0.1, 0.15) is 5.76 Å². The van der Waals surface area contributed by atoms with Gasteiger partial charge in [-0.15, -0.1) is 0 Å². The van der Waals surface area contributed by atoms with Gasteiger partial charge >= 0.3 is 5.97 Å². The van der Waals surface area contributed by atoms with Gasteiger partial charge in [-0.3, -0.25) is 9.00 Å². The van der Waals surface area contributed by atoms with Gasteiger partial charge in [-0.1, -0.05) is 0 Å². The average molecular weight is 287 g/mol. The van der Waals surface area contributed by atoms with E-state index in [2.05, 4.69) is 5.32 Å². The van der Waals surface area contributed by atoms with Crippen molar-refractivity contribution in [2.45, 2.75) is 32.1 Å². The van der Waals surface area contributed by atoms with Gasteiger partial charge in [-0.2, -0.15) is 0 Å². The van der Waals surface area contributed by atoms with Crippen LogP contribution in [0.2, 0.25) is 0 Å². The quantitative estimate of drug-likeness (QED) is 0.784. The number of carbonyl (C=O) groups is 2. The first-order valence-electron chi connectivity index (χ1n) is 5.85. The Labute approximate surface area is 113 Å². The standard InChI is InChI=1S/C12H17NO5S/c1-8(2)13-11(14)5-6-19(17)7-9-3-4-10(18-9)12(15)16/h3-4,8H,5-7H2,1-2H3,(H,13,14)(H,15,16). The predicted octanol–water partition coefficient (Wildman–Crippen LogP) is 1.14. The van der Waals surface area contributed by atoms with Crippen molar-refractivity contribution in [3.63, 3.8) is 0 Å². The lowest BCUT2D eigenvalue weighted by molar-refractivity contribution is -0.121. The Kier molecular flexibility index (Phi) is 5.75. The van der Waals surface area contributed by atoms with Crippen molar-refractivity contribution in [2.24, 2.45) is 0 Å². The van der Waals surface area contributed by atoms with E-state index in [1.165, 1.54) is 12.1 Å². The number of furan rings is 1. The highest BCUT2D eigenvalue weighted by Gasteiger charge is 2.12. The van der Waals surface area contributed by atoms with Crippen LogP contribution >= 0.6 is 0 Å². The van der Waals surface area contributed by atoms with Crippen LogP contribution < -0.4 is 5.32 Å². The van der Waals surface area contributed by atoms with Crippen LogP contribution in [0.15, 0.2) is 16.5 Å². The third-order valence-electron chi connectivity index (χ3n) is 2.18. The summed E-state index contributed by atoms with van der Waals surface area (Å²) in [6.07, 6.45) is 0.178. The van der Waals surface area contributed by atoms with E-state index in [4.69, 9.17) is 9.52 Å². The Morgan fingerprint density at radius 3 is 2.63 bits per heavy atom. The smallest absolute Gasteiger partial charge is 0.371 e. The molecule has 0 aromatic carbocycles. The van der Waals surface area contributed by atoms with Gasteiger partial charge in [0.2, 0.25) is 11.7 Å². The number of amides is 1. The highest BCUT2D eigenvalue weighted by molar-refractivity contribution is 7.84. The lowest BCUT2D eigenvalue weighted by atomic mass is 10.3. The molecule has 0 aliphatic carbocycles. The maximum absolute atomic E-state index is 11.7. The highest BCUT2D eigenvalue weighted by Crippen LogP contribution is 2.10. The summed E-state index contributed by atoms with van der Waals surface area (Å²) < 4.78 is 16.7. The molecule has 19 heavy (non-hydrogen) atoms. The topological polar surface area (TPSA) is 96.6 Å². The van der Waals surface area contributed by atoms with Gasteiger partial charge < -0.3 is 14.8 Å². The fourth-order valence-corrected chi connectivity index (χ4v) is 2.43. The lowest BCUT2D eigenvalue weighted by Gasteiger charge is -2.07. The third kappa shape index (κ3) is 5.69. The van der Waals surface area contributed by atoms with Crippen LogP contribution in [0, 0.1) is 0 Å². The molecule has 1 aromatic heterocycles. The molecule has 106 valence electrons. The molecule has 0 spiro atoms. The van der Waals surface area contributed by atoms with Crippen molar-refractivity contribution in [1.82, 2.24) is 5.32 Å². The number of rotatable bonds is 7. The molecular weight excluding hydrogens is 270 g/mol. The van der Waals surface area contributed by atoms with Crippen LogP contribution in [0.3, 0.4) is 0 Å². The van der Waals surface area contributed by atoms with Gasteiger partial charge in [-0.05, 0) is 26.0 Å². The average Bonchev–Trinajstić information content (AvgIpc) is 2.74. The zero-order valence-electron chi connectivity index (χ0n) is 10.8. The van der Waals surface area contributed by atoms with Crippen LogP contribution in [-0.2, 0) is 21.3 Å². The molecule has 0 bridgehead atoms. The second kappa shape index (κ2) is 7.08. The molecule has 7 heteroatoms. The molecule has 0 aliphatic rings. The molecule has 0 saturated heterocycles. The van der Waals surface area contributed by atoms with Crippen LogP contribution in [0.5, 0.6) is 0 Å². The summed E-state index contributed by atoms with van der Waals surface area (Å²) in [5.41, 5.74) is 0. The van der Waals surface area contributed by atoms with Crippen LogP contribution in [-0.4, -0.2) is 33.0 Å². The van der Waals surface area contributed by atoms with Crippen molar-refractivity contribution in [3.8, 4) is 0 Å². The van der Waals surface area contributed by atoms with Crippen LogP contribution in [0.4, 0.5) is 0 Å². The number of nitrogens with one attached hydrogen (secondary N) is 1. The molecule has 0 fully saturated rings. The zero-order chi connectivity index (χ0) is 14.4. The van der Waals surface area contributed by atoms with Gasteiger partial charge in [0.15, 0.2) is 0 Å². The van der Waals surface area contributed by atoms with E-state index in [0.717, 1.165) is 0 Å². The molecule has 1 heterocycles. The number of carboxylic acids is 1. The monoisotopic (exact) mass is 287 g/mol. The van der Waals surface area contributed by atoms with E-state index in [-0.39, 0.29) is 35.6 Å². The van der Waals surface area contributed by atoms with E-state index in [0.29, 0.717) is 5.76 Å². The summed E-state index contributed by atoms with van der Waals surface area (Å²) in [5, 5.41) is 11.4. The van der Waals surface area contributed by atoms with Crippen molar-refractivity contribution >= 4 is 22.7 Å². The minimum atomic E-state index is -1.25. The summed E-state index contributed by atoms with van der Waals surface area (Å²) in [4.78, 5) is 22.0. The summed E-state index contributed by atoms with van der Waals surface area (Å²) >= 11 is 0. The number of hydrogen-bond acceptors (Lipinski definition) is 4. The zero-order valence-corrected chi connectivity index (χ0v) is 11.7. The summed E-state index contributed by atoms with van der Waals surface area (Å²) in [6, 6.07) is 2.86. The molecule has 1 rings (SSSR count). The second-order valence-electron chi connectivity index (χ2n) is 4.33. The molecule has 1 atom stereocenters. The Bertz CT molecular complexity index is 480. The maximum atomic E-state index is 11.7. The molecule has 1 unspecified atom stereocenters. The van der Waals surface area contributed by atoms with E-state index >= 15 is 0 Å². The SMILES string of the molecule is CC(C)NC(=O)CCS(=O)Cc1ccc(C(=O)O)o1. The number of carbonyl (C=O) groups excluding carboxylic acids is 1. The molecule has 0 aliphatic heterocycles. The molecule has 2 N–H and O–H groups in total. The van der Waals surface area contributed by atoms with Gasteiger partial charge in [0, 0.05) is 29.0 Å². The fourth-order valence-electron chi connectivity index (χ4n) is 1.40. The van der Waals surface area contributed by atoms with Crippen molar-refractivity contribution < 1.29 is 23.3 Å². The molecule has 0 radical (unpaired) electrons. The normalized spacial score (nSPS) is 12.4. The first-order valence-corrected chi connectivity index (χ1v) is 7.33. The van der Waals surface area contributed by atoms with Crippen LogP contribution in [0.1, 0.15) is 36.6 Å². The highest BCUT2D eigenvalue weighted by atomic mass is 32.2. The number of aromatic carboxylic acids is 1. The Hall–Kier alpha value is -1.63. The van der Waals surface area contributed by atoms with E-state index in [1.807, 2.05) is 13.8 Å². The summed E-state index contributed by atoms with van der Waals surface area (Å²) in [7, 11) is -1.25. The molecule has 0 saturated carbocycles. The molecule has 1 amide bonds. The largest absolute Gasteiger partial charge is 0.475 e. The molecule has 6 nitrogen and oxygen atoms in total. The number of hydrogen-bond donors (Lipinski definition) is 2. The lowest BCUT2D eigenvalue weighted by Crippen LogP contribution is -2.30. The Balaban J connectivity index is 2.38. The van der Waals surface area contributed by atoms with E-state index < -0.39 is 16.8 Å². The van der Waals surface area contributed by atoms with Crippen molar-refractivity contribution in [2.75, 3.05) is 5.75 Å². The van der Waals surface area contributed by atoms with Crippen molar-refractivity contribution in [1.29, 1.82) is 0 Å². The molecule has 1 aromatic rings. The first kappa shape index (κ1) is 15.4. The summed E-state index contributed by atoms with van der Waals surface area (Å²) in [6.45, 7) is 3.70. The fraction of sp³-hybridized carbons (Fsp3) is 0.500. The third-order valence-corrected chi connectivity index (χ3v) is 3.45. The minimum absolute atomic E-state index is 0.0594. The van der Waals surface area contributed by atoms with Gasteiger partial charge in [0.25, 0.3) is 0 Å². The number of carboxylic acid groups (broad SMARTS) is 1. The van der Waals surface area contributed by atoms with E-state index in [1.54, 1.807) is 0 Å². The minimum Gasteiger partial charge on any atom is -0.475 e. The van der Waals surface area contributed by atoms with Gasteiger partial charge in [-0.25, -0.2) is 4.79 Å². The second-order valence-corrected chi connectivity index (χ2v) is 5.91. The van der Waals surface area contributed by atoms with Crippen LogP contribution in [0.25, 0.3) is 0 Å². The van der Waals surface area contributed by atoms with Gasteiger partial charge in [0.05, 0.1) is 5.75 Å².